The number of fused-ring (bicyclic) bond motifs is 1. The van der Waals surface area contributed by atoms with E-state index in [4.69, 9.17) is 5.73 Å². The first-order valence-electron chi connectivity index (χ1n) is 10.9. The average molecular weight is 452 g/mol. The molecule has 1 aromatic carbocycles. The molecule has 1 aliphatic carbocycles. The Morgan fingerprint density at radius 3 is 2.47 bits per heavy atom. The summed E-state index contributed by atoms with van der Waals surface area (Å²) in [5.74, 6) is -4.97. The van der Waals surface area contributed by atoms with Crippen LogP contribution in [0, 0.1) is 11.7 Å². The van der Waals surface area contributed by atoms with E-state index in [1.807, 2.05) is 0 Å². The van der Waals surface area contributed by atoms with Crippen molar-refractivity contribution in [1.29, 1.82) is 0 Å². The highest BCUT2D eigenvalue weighted by atomic mass is 19.3. The fraction of sp³-hybridized carbons (Fsp3) is 0.591. The lowest BCUT2D eigenvalue weighted by atomic mass is 9.80. The molecule has 0 bridgehead atoms. The van der Waals surface area contributed by atoms with Gasteiger partial charge in [-0.1, -0.05) is 12.1 Å². The molecule has 0 spiro atoms. The van der Waals surface area contributed by atoms with Gasteiger partial charge in [-0.15, -0.1) is 0 Å². The summed E-state index contributed by atoms with van der Waals surface area (Å²) in [5, 5.41) is 2.80. The predicted molar refractivity (Wildman–Crippen MR) is 109 cm³/mol. The lowest BCUT2D eigenvalue weighted by Crippen LogP contribution is -2.60. The van der Waals surface area contributed by atoms with E-state index in [9.17, 15) is 27.6 Å². The molecule has 0 unspecified atom stereocenters. The van der Waals surface area contributed by atoms with Gasteiger partial charge in [0.2, 0.25) is 23.6 Å². The molecule has 1 saturated carbocycles. The fourth-order valence-electron chi connectivity index (χ4n) is 4.86. The molecule has 2 heterocycles. The number of amides is 3. The molecule has 3 aliphatic rings. The Bertz CT molecular complexity index is 887. The Balaban J connectivity index is 1.38. The van der Waals surface area contributed by atoms with Crippen LogP contribution in [-0.2, 0) is 20.9 Å². The topological polar surface area (TPSA) is 95.7 Å². The highest BCUT2D eigenvalue weighted by Crippen LogP contribution is 2.43. The van der Waals surface area contributed by atoms with Gasteiger partial charge < -0.3 is 20.9 Å². The predicted octanol–water partition coefficient (Wildman–Crippen LogP) is 1.41. The molecule has 3 N–H and O–H groups in total. The third kappa shape index (κ3) is 4.60. The van der Waals surface area contributed by atoms with Crippen molar-refractivity contribution >= 4 is 17.7 Å². The second-order valence-corrected chi connectivity index (χ2v) is 8.98. The molecule has 7 nitrogen and oxygen atoms in total. The summed E-state index contributed by atoms with van der Waals surface area (Å²) >= 11 is 0. The number of carbonyl (C=O) groups is 3. The first-order valence-corrected chi connectivity index (χ1v) is 10.9. The minimum atomic E-state index is -2.79. The van der Waals surface area contributed by atoms with Crippen LogP contribution in [0.5, 0.6) is 0 Å². The summed E-state index contributed by atoms with van der Waals surface area (Å²) < 4.78 is 39.4. The fourth-order valence-corrected chi connectivity index (χ4v) is 4.86. The molecule has 2 aliphatic heterocycles. The van der Waals surface area contributed by atoms with Crippen LogP contribution in [0.3, 0.4) is 0 Å². The van der Waals surface area contributed by atoms with Crippen molar-refractivity contribution < 1.29 is 27.6 Å². The van der Waals surface area contributed by atoms with Crippen molar-refractivity contribution in [1.82, 2.24) is 15.1 Å². The normalized spacial score (nSPS) is 27.9. The van der Waals surface area contributed by atoms with Gasteiger partial charge in [-0.3, -0.25) is 14.4 Å². The van der Waals surface area contributed by atoms with Crippen LogP contribution >= 0.6 is 0 Å². The van der Waals surface area contributed by atoms with Gasteiger partial charge in [-0.05, 0) is 37.0 Å². The van der Waals surface area contributed by atoms with E-state index in [0.29, 0.717) is 25.8 Å². The summed E-state index contributed by atoms with van der Waals surface area (Å²) in [4.78, 5) is 41.4. The molecule has 3 atom stereocenters. The zero-order chi connectivity index (χ0) is 23.0. The summed E-state index contributed by atoms with van der Waals surface area (Å²) in [6.07, 6.45) is 0.613. The number of rotatable bonds is 4. The Hall–Kier alpha value is -2.62. The van der Waals surface area contributed by atoms with Crippen molar-refractivity contribution in [3.63, 3.8) is 0 Å². The van der Waals surface area contributed by atoms with Gasteiger partial charge in [0.05, 0.1) is 0 Å². The van der Waals surface area contributed by atoms with Crippen LogP contribution in [-0.4, -0.2) is 64.7 Å². The number of carbonyl (C=O) groups excluding carboxylic acids is 3. The molecule has 32 heavy (non-hydrogen) atoms. The molecular formula is C22H27F3N4O3. The minimum absolute atomic E-state index is 0.0487. The van der Waals surface area contributed by atoms with Crippen LogP contribution in [0.4, 0.5) is 13.2 Å². The first kappa shape index (κ1) is 22.6. The quantitative estimate of drug-likeness (QED) is 0.722. The lowest BCUT2D eigenvalue weighted by Gasteiger charge is -2.41. The second-order valence-electron chi connectivity index (χ2n) is 8.98. The SMILES string of the molecule is N[C@H]1CN(C(=O)C2CC(F)(F)C2)CC[C@H]2CC[C@@H](C(=O)NCc3ccc(F)cc3)N2C1=O. The Labute approximate surface area is 184 Å². The highest BCUT2D eigenvalue weighted by Gasteiger charge is 2.51. The van der Waals surface area contributed by atoms with E-state index < -0.39 is 42.7 Å². The number of hydrogen-bond donors (Lipinski definition) is 2. The van der Waals surface area contributed by atoms with Crippen LogP contribution < -0.4 is 11.1 Å². The van der Waals surface area contributed by atoms with Gasteiger partial charge in [0, 0.05) is 44.4 Å². The zero-order valence-electron chi connectivity index (χ0n) is 17.6. The van der Waals surface area contributed by atoms with Crippen molar-refractivity contribution in [2.24, 2.45) is 11.7 Å². The van der Waals surface area contributed by atoms with E-state index in [0.717, 1.165) is 5.56 Å². The summed E-state index contributed by atoms with van der Waals surface area (Å²) in [6, 6.07) is 3.85. The number of nitrogens with zero attached hydrogens (tertiary/aromatic N) is 2. The molecule has 0 radical (unpaired) electrons. The first-order chi connectivity index (χ1) is 15.1. The van der Waals surface area contributed by atoms with E-state index in [1.165, 1.54) is 21.9 Å². The van der Waals surface area contributed by atoms with E-state index in [2.05, 4.69) is 5.32 Å². The van der Waals surface area contributed by atoms with Gasteiger partial charge in [0.1, 0.15) is 17.9 Å². The van der Waals surface area contributed by atoms with Crippen LogP contribution in [0.15, 0.2) is 24.3 Å². The molecule has 4 rings (SSSR count). The van der Waals surface area contributed by atoms with Crippen molar-refractivity contribution in [2.45, 2.75) is 62.7 Å². The molecular weight excluding hydrogens is 425 g/mol. The van der Waals surface area contributed by atoms with Crippen LogP contribution in [0.1, 0.15) is 37.7 Å². The van der Waals surface area contributed by atoms with Gasteiger partial charge in [0.15, 0.2) is 0 Å². The minimum Gasteiger partial charge on any atom is -0.350 e. The molecule has 2 saturated heterocycles. The van der Waals surface area contributed by atoms with Crippen molar-refractivity contribution in [2.75, 3.05) is 13.1 Å². The molecule has 3 fully saturated rings. The number of alkyl halides is 2. The number of nitrogens with one attached hydrogen (secondary N) is 1. The smallest absolute Gasteiger partial charge is 0.249 e. The summed E-state index contributed by atoms with van der Waals surface area (Å²) in [6.45, 7) is 0.475. The lowest BCUT2D eigenvalue weighted by molar-refractivity contribution is -0.161. The van der Waals surface area contributed by atoms with Gasteiger partial charge in [-0.2, -0.15) is 0 Å². The van der Waals surface area contributed by atoms with Gasteiger partial charge in [-0.25, -0.2) is 13.2 Å². The molecule has 10 heteroatoms. The molecule has 1 aromatic rings. The van der Waals surface area contributed by atoms with Crippen LogP contribution in [0.2, 0.25) is 0 Å². The average Bonchev–Trinajstić information content (AvgIpc) is 3.15. The van der Waals surface area contributed by atoms with Crippen molar-refractivity contribution in [3.8, 4) is 0 Å². The van der Waals surface area contributed by atoms with Crippen LogP contribution in [0.25, 0.3) is 0 Å². The Morgan fingerprint density at radius 1 is 1.12 bits per heavy atom. The maximum atomic E-state index is 13.2. The van der Waals surface area contributed by atoms with E-state index >= 15 is 0 Å². The number of halogens is 3. The number of hydrogen-bond acceptors (Lipinski definition) is 4. The number of benzene rings is 1. The maximum absolute atomic E-state index is 13.2. The van der Waals surface area contributed by atoms with E-state index in [-0.39, 0.29) is 36.8 Å². The van der Waals surface area contributed by atoms with Gasteiger partial charge >= 0.3 is 0 Å². The summed E-state index contributed by atoms with van der Waals surface area (Å²) in [7, 11) is 0. The van der Waals surface area contributed by atoms with Gasteiger partial charge in [0.25, 0.3) is 0 Å². The monoisotopic (exact) mass is 452 g/mol. The standard InChI is InChI=1S/C22H27F3N4O3/c23-15-3-1-13(2-4-15)11-27-19(30)18-6-5-16-7-8-28(12-17(26)21(32)29(16)18)20(31)14-9-22(24,25)10-14/h1-4,14,16-18H,5-12,26H2,(H,27,30)/t16-,17+,18+/m1/s1. The van der Waals surface area contributed by atoms with Crippen molar-refractivity contribution in [3.05, 3.63) is 35.6 Å². The summed E-state index contributed by atoms with van der Waals surface area (Å²) in [5.41, 5.74) is 6.82. The molecule has 0 aromatic heterocycles. The van der Waals surface area contributed by atoms with E-state index in [1.54, 1.807) is 12.1 Å². The highest BCUT2D eigenvalue weighted by molar-refractivity contribution is 5.91. The Kier molecular flexibility index (Phi) is 6.15. The largest absolute Gasteiger partial charge is 0.350 e. The third-order valence-electron chi connectivity index (χ3n) is 6.66. The molecule has 174 valence electrons. The second kappa shape index (κ2) is 8.73. The third-order valence-corrected chi connectivity index (χ3v) is 6.66. The number of nitrogens with two attached hydrogens (primary N) is 1. The maximum Gasteiger partial charge on any atom is 0.249 e. The zero-order valence-corrected chi connectivity index (χ0v) is 17.6. The Morgan fingerprint density at radius 2 is 1.81 bits per heavy atom. The molecule has 3 amide bonds.